The van der Waals surface area contributed by atoms with E-state index in [1.165, 1.54) is 5.56 Å². The van der Waals surface area contributed by atoms with Crippen LogP contribution in [0.25, 0.3) is 10.9 Å². The number of nitrogens with zero attached hydrogens (tertiary/aromatic N) is 1. The number of hydrogen-bond acceptors (Lipinski definition) is 4. The van der Waals surface area contributed by atoms with Gasteiger partial charge in [0.2, 0.25) is 5.91 Å². The lowest BCUT2D eigenvalue weighted by Gasteiger charge is -2.14. The summed E-state index contributed by atoms with van der Waals surface area (Å²) >= 11 is 1.77. The van der Waals surface area contributed by atoms with Crippen LogP contribution < -0.4 is 10.6 Å². The van der Waals surface area contributed by atoms with Crippen molar-refractivity contribution in [3.05, 3.63) is 78.0 Å². The summed E-state index contributed by atoms with van der Waals surface area (Å²) in [6.45, 7) is 0.733. The summed E-state index contributed by atoms with van der Waals surface area (Å²) in [5, 5.41) is 7.78. The number of aromatic nitrogens is 1. The first kappa shape index (κ1) is 24.5. The van der Waals surface area contributed by atoms with Crippen LogP contribution in [-0.4, -0.2) is 29.2 Å². The molecular weight excluding hydrogens is 437 g/mol. The quantitative estimate of drug-likeness (QED) is 0.488. The van der Waals surface area contributed by atoms with E-state index in [1.807, 2.05) is 30.5 Å². The Kier molecular flexibility index (Phi) is 9.92. The van der Waals surface area contributed by atoms with Crippen molar-refractivity contribution < 1.29 is 4.79 Å². The second-order valence-electron chi connectivity index (χ2n) is 7.13. The molecular formula is C23H27Cl2N3OS. The van der Waals surface area contributed by atoms with Crippen LogP contribution in [0.15, 0.2) is 66.9 Å². The van der Waals surface area contributed by atoms with Gasteiger partial charge in [0.25, 0.3) is 0 Å². The van der Waals surface area contributed by atoms with Crippen molar-refractivity contribution in [3.63, 3.8) is 0 Å². The van der Waals surface area contributed by atoms with E-state index in [1.54, 1.807) is 11.8 Å². The molecule has 0 bridgehead atoms. The molecule has 4 rings (SSSR count). The molecule has 4 nitrogen and oxygen atoms in total. The lowest BCUT2D eigenvalue weighted by molar-refractivity contribution is -0.122. The molecule has 2 unspecified atom stereocenters. The van der Waals surface area contributed by atoms with Gasteiger partial charge in [0, 0.05) is 23.9 Å². The van der Waals surface area contributed by atoms with E-state index in [4.69, 9.17) is 0 Å². The lowest BCUT2D eigenvalue weighted by atomic mass is 10.1. The number of benzene rings is 2. The molecule has 2 N–H and O–H groups in total. The monoisotopic (exact) mass is 463 g/mol. The SMILES string of the molecule is Cl.Cl.O=C(NCCCCc1ccccc1)C1CSC(c2cnc3ccccc3c2)N1. The van der Waals surface area contributed by atoms with E-state index in [-0.39, 0.29) is 42.1 Å². The third kappa shape index (κ3) is 6.35. The zero-order chi connectivity index (χ0) is 19.2. The van der Waals surface area contributed by atoms with Crippen LogP contribution in [-0.2, 0) is 11.2 Å². The van der Waals surface area contributed by atoms with Gasteiger partial charge in [0.1, 0.15) is 0 Å². The number of carbonyl (C=O) groups excluding carboxylic acids is 1. The van der Waals surface area contributed by atoms with E-state index in [9.17, 15) is 4.79 Å². The molecule has 1 amide bonds. The van der Waals surface area contributed by atoms with Crippen LogP contribution in [0.3, 0.4) is 0 Å². The number of aryl methyl sites for hydroxylation is 1. The number of unbranched alkanes of at least 4 members (excludes halogenated alkanes) is 1. The second kappa shape index (κ2) is 12.2. The van der Waals surface area contributed by atoms with Crippen LogP contribution in [0.1, 0.15) is 29.3 Å². The van der Waals surface area contributed by atoms with Crippen molar-refractivity contribution in [2.45, 2.75) is 30.7 Å². The molecule has 0 spiro atoms. The fourth-order valence-electron chi connectivity index (χ4n) is 3.48. The Labute approximate surface area is 194 Å². The third-order valence-corrected chi connectivity index (χ3v) is 6.31. The van der Waals surface area contributed by atoms with Crippen LogP contribution in [0.2, 0.25) is 0 Å². The Hall–Kier alpha value is -1.79. The third-order valence-electron chi connectivity index (χ3n) is 5.05. The predicted octanol–water partition coefficient (Wildman–Crippen LogP) is 4.92. The maximum atomic E-state index is 12.5. The minimum Gasteiger partial charge on any atom is -0.355 e. The molecule has 1 aliphatic rings. The molecule has 1 aliphatic heterocycles. The van der Waals surface area contributed by atoms with Gasteiger partial charge >= 0.3 is 0 Å². The van der Waals surface area contributed by atoms with Crippen molar-refractivity contribution in [1.29, 1.82) is 0 Å². The lowest BCUT2D eigenvalue weighted by Crippen LogP contribution is -2.42. The molecule has 7 heteroatoms. The molecule has 0 aliphatic carbocycles. The van der Waals surface area contributed by atoms with Crippen molar-refractivity contribution in [2.24, 2.45) is 0 Å². The molecule has 2 aromatic carbocycles. The first-order chi connectivity index (χ1) is 13.8. The van der Waals surface area contributed by atoms with Gasteiger partial charge in [-0.3, -0.25) is 15.1 Å². The summed E-state index contributed by atoms with van der Waals surface area (Å²) < 4.78 is 0. The molecule has 1 aromatic heterocycles. The Balaban J connectivity index is 0.00000160. The maximum Gasteiger partial charge on any atom is 0.238 e. The highest BCUT2D eigenvalue weighted by atomic mass is 35.5. The van der Waals surface area contributed by atoms with Crippen LogP contribution >= 0.6 is 36.6 Å². The molecule has 1 fully saturated rings. The van der Waals surface area contributed by atoms with E-state index in [2.05, 4.69) is 52.0 Å². The molecule has 0 saturated carbocycles. The highest BCUT2D eigenvalue weighted by molar-refractivity contribution is 7.99. The van der Waals surface area contributed by atoms with Crippen LogP contribution in [0.5, 0.6) is 0 Å². The van der Waals surface area contributed by atoms with Gasteiger partial charge in [0.05, 0.1) is 16.9 Å². The molecule has 160 valence electrons. The Morgan fingerprint density at radius 1 is 1.07 bits per heavy atom. The molecule has 1 saturated heterocycles. The summed E-state index contributed by atoms with van der Waals surface area (Å²) in [4.78, 5) is 17.0. The fourth-order valence-corrected chi connectivity index (χ4v) is 4.69. The Morgan fingerprint density at radius 3 is 2.67 bits per heavy atom. The van der Waals surface area contributed by atoms with Crippen molar-refractivity contribution in [1.82, 2.24) is 15.6 Å². The Bertz CT molecular complexity index is 942. The molecule has 30 heavy (non-hydrogen) atoms. The van der Waals surface area contributed by atoms with Gasteiger partial charge < -0.3 is 5.32 Å². The number of para-hydroxylation sites is 1. The predicted molar refractivity (Wildman–Crippen MR) is 131 cm³/mol. The van der Waals surface area contributed by atoms with E-state index in [0.29, 0.717) is 0 Å². The summed E-state index contributed by atoms with van der Waals surface area (Å²) in [5.74, 6) is 0.885. The number of pyridine rings is 1. The average Bonchev–Trinajstić information content (AvgIpc) is 3.24. The second-order valence-corrected chi connectivity index (χ2v) is 8.27. The summed E-state index contributed by atoms with van der Waals surface area (Å²) in [5.41, 5.74) is 3.48. The Morgan fingerprint density at radius 2 is 1.83 bits per heavy atom. The molecule has 0 radical (unpaired) electrons. The number of nitrogens with one attached hydrogen (secondary N) is 2. The van der Waals surface area contributed by atoms with E-state index in [0.717, 1.165) is 48.0 Å². The van der Waals surface area contributed by atoms with Crippen molar-refractivity contribution >= 4 is 53.4 Å². The number of hydrogen-bond donors (Lipinski definition) is 2. The summed E-state index contributed by atoms with van der Waals surface area (Å²) in [7, 11) is 0. The van der Waals surface area contributed by atoms with Crippen LogP contribution in [0.4, 0.5) is 0 Å². The largest absolute Gasteiger partial charge is 0.355 e. The maximum absolute atomic E-state index is 12.5. The average molecular weight is 464 g/mol. The van der Waals surface area contributed by atoms with Crippen molar-refractivity contribution in [3.8, 4) is 0 Å². The number of carbonyl (C=O) groups is 1. The van der Waals surface area contributed by atoms with Gasteiger partial charge in [-0.2, -0.15) is 0 Å². The smallest absolute Gasteiger partial charge is 0.238 e. The number of rotatable bonds is 7. The zero-order valence-corrected chi connectivity index (χ0v) is 19.1. The van der Waals surface area contributed by atoms with Gasteiger partial charge in [-0.25, -0.2) is 0 Å². The number of halogens is 2. The molecule has 3 aromatic rings. The number of amides is 1. The van der Waals surface area contributed by atoms with E-state index >= 15 is 0 Å². The first-order valence-corrected chi connectivity index (χ1v) is 10.9. The van der Waals surface area contributed by atoms with Gasteiger partial charge in [-0.05, 0) is 42.5 Å². The topological polar surface area (TPSA) is 54.0 Å². The first-order valence-electron chi connectivity index (χ1n) is 9.83. The highest BCUT2D eigenvalue weighted by Gasteiger charge is 2.30. The van der Waals surface area contributed by atoms with Crippen molar-refractivity contribution in [2.75, 3.05) is 12.3 Å². The van der Waals surface area contributed by atoms with Gasteiger partial charge in [-0.1, -0.05) is 48.5 Å². The standard InChI is InChI=1S/C23H25N3OS.2ClH/c27-22(24-13-7-6-10-17-8-2-1-3-9-17)21-16-28-23(26-21)19-14-18-11-4-5-12-20(18)25-15-19;;/h1-5,8-9,11-12,14-15,21,23,26H,6-7,10,13,16H2,(H,24,27);2*1H. The summed E-state index contributed by atoms with van der Waals surface area (Å²) in [6.07, 6.45) is 5.06. The number of fused-ring (bicyclic) bond motifs is 1. The van der Waals surface area contributed by atoms with E-state index < -0.39 is 0 Å². The number of thioether (sulfide) groups is 1. The zero-order valence-electron chi connectivity index (χ0n) is 16.6. The molecule has 2 heterocycles. The fraction of sp³-hybridized carbons (Fsp3) is 0.304. The normalized spacial score (nSPS) is 17.7. The minimum absolute atomic E-state index is 0. The van der Waals surface area contributed by atoms with Crippen LogP contribution in [0, 0.1) is 0 Å². The molecule has 2 atom stereocenters. The van der Waals surface area contributed by atoms with Gasteiger partial charge in [0.15, 0.2) is 0 Å². The summed E-state index contributed by atoms with van der Waals surface area (Å²) in [6, 6.07) is 20.6. The highest BCUT2D eigenvalue weighted by Crippen LogP contribution is 2.33. The minimum atomic E-state index is -0.143. The van der Waals surface area contributed by atoms with Gasteiger partial charge in [-0.15, -0.1) is 36.6 Å².